The van der Waals surface area contributed by atoms with Crippen LogP contribution in [0.4, 0.5) is 0 Å². The Morgan fingerprint density at radius 2 is 1.32 bits per heavy atom. The molecule has 1 aliphatic heterocycles. The fraction of sp³-hybridized carbons (Fsp3) is 0.300. The van der Waals surface area contributed by atoms with Crippen molar-refractivity contribution < 1.29 is 23.8 Å². The van der Waals surface area contributed by atoms with Gasteiger partial charge in [0.1, 0.15) is 0 Å². The molecule has 1 fully saturated rings. The first kappa shape index (κ1) is 17.2. The fourth-order valence-corrected chi connectivity index (χ4v) is 3.41. The molecule has 0 N–H and O–H groups in total. The zero-order chi connectivity index (χ0) is 17.8. The largest absolute Gasteiger partial charge is 0.469 e. The zero-order valence-corrected chi connectivity index (χ0v) is 14.1. The summed E-state index contributed by atoms with van der Waals surface area (Å²) in [6.07, 6.45) is -1.45. The molecule has 5 nitrogen and oxygen atoms in total. The monoisotopic (exact) mass is 340 g/mol. The summed E-state index contributed by atoms with van der Waals surface area (Å²) in [5.74, 6) is -2.03. The Hall–Kier alpha value is -2.66. The van der Waals surface area contributed by atoms with E-state index in [1.165, 1.54) is 14.2 Å². The van der Waals surface area contributed by atoms with Crippen molar-refractivity contribution in [1.82, 2.24) is 0 Å². The highest BCUT2D eigenvalue weighted by Crippen LogP contribution is 2.48. The molecule has 2 aromatic carbocycles. The molecule has 0 bridgehead atoms. The first-order valence-electron chi connectivity index (χ1n) is 8.08. The number of carbonyl (C=O) groups excluding carboxylic acids is 2. The van der Waals surface area contributed by atoms with Crippen LogP contribution in [-0.4, -0.2) is 32.3 Å². The van der Waals surface area contributed by atoms with Crippen LogP contribution in [0, 0.1) is 5.92 Å². The van der Waals surface area contributed by atoms with E-state index in [4.69, 9.17) is 14.2 Å². The molecule has 0 saturated carbocycles. The lowest BCUT2D eigenvalue weighted by molar-refractivity contribution is -0.154. The maximum atomic E-state index is 12.6. The second kappa shape index (κ2) is 7.49. The van der Waals surface area contributed by atoms with Crippen LogP contribution < -0.4 is 0 Å². The maximum Gasteiger partial charge on any atom is 0.335 e. The third-order valence-electron chi connectivity index (χ3n) is 4.55. The number of methoxy groups -OCH3 is 2. The van der Waals surface area contributed by atoms with E-state index >= 15 is 0 Å². The highest BCUT2D eigenvalue weighted by Gasteiger charge is 2.53. The summed E-state index contributed by atoms with van der Waals surface area (Å²) >= 11 is 0. The van der Waals surface area contributed by atoms with Crippen molar-refractivity contribution in [3.05, 3.63) is 71.8 Å². The van der Waals surface area contributed by atoms with Crippen LogP contribution in [0.5, 0.6) is 0 Å². The zero-order valence-electron chi connectivity index (χ0n) is 14.1. The van der Waals surface area contributed by atoms with Crippen molar-refractivity contribution in [3.63, 3.8) is 0 Å². The average Bonchev–Trinajstić information content (AvgIpc) is 3.08. The van der Waals surface area contributed by atoms with E-state index in [9.17, 15) is 9.59 Å². The lowest BCUT2D eigenvalue weighted by atomic mass is 9.80. The maximum absolute atomic E-state index is 12.6. The van der Waals surface area contributed by atoms with Gasteiger partial charge in [-0.05, 0) is 11.1 Å². The molecule has 1 aliphatic rings. The topological polar surface area (TPSA) is 61.8 Å². The second-order valence-electron chi connectivity index (χ2n) is 5.90. The minimum absolute atomic E-state index is 0.408. The molecule has 25 heavy (non-hydrogen) atoms. The van der Waals surface area contributed by atoms with Gasteiger partial charge in [-0.3, -0.25) is 4.79 Å². The summed E-state index contributed by atoms with van der Waals surface area (Å²) in [6, 6.07) is 18.8. The van der Waals surface area contributed by atoms with Gasteiger partial charge in [0.2, 0.25) is 0 Å². The standard InChI is InChI=1S/C20H20O5/c1-23-19(21)16-15(13-9-5-3-6-10-13)18(20(22)24-2)25-17(16)14-11-7-4-8-12-14/h3-12,15-18H,1-2H3/t15-,16+,17-,18-/m1/s1. The summed E-state index contributed by atoms with van der Waals surface area (Å²) in [4.78, 5) is 24.9. The number of hydrogen-bond donors (Lipinski definition) is 0. The van der Waals surface area contributed by atoms with Gasteiger partial charge in [0.05, 0.1) is 26.2 Å². The molecule has 0 unspecified atom stereocenters. The van der Waals surface area contributed by atoms with E-state index in [1.807, 2.05) is 60.7 Å². The number of hydrogen-bond acceptors (Lipinski definition) is 5. The van der Waals surface area contributed by atoms with Crippen LogP contribution >= 0.6 is 0 Å². The Morgan fingerprint density at radius 3 is 1.84 bits per heavy atom. The highest BCUT2D eigenvalue weighted by atomic mass is 16.6. The molecular weight excluding hydrogens is 320 g/mol. The van der Waals surface area contributed by atoms with Gasteiger partial charge in [0, 0.05) is 5.92 Å². The van der Waals surface area contributed by atoms with Crippen molar-refractivity contribution in [2.45, 2.75) is 18.1 Å². The number of carbonyl (C=O) groups is 2. The van der Waals surface area contributed by atoms with Gasteiger partial charge in [-0.2, -0.15) is 0 Å². The molecule has 0 spiro atoms. The Labute approximate surface area is 146 Å². The second-order valence-corrected chi connectivity index (χ2v) is 5.90. The quantitative estimate of drug-likeness (QED) is 0.801. The summed E-state index contributed by atoms with van der Waals surface area (Å²) in [7, 11) is 2.66. The predicted molar refractivity (Wildman–Crippen MR) is 90.8 cm³/mol. The van der Waals surface area contributed by atoms with Crippen LogP contribution in [0.1, 0.15) is 23.1 Å². The lowest BCUT2D eigenvalue weighted by Gasteiger charge is -2.22. The summed E-state index contributed by atoms with van der Waals surface area (Å²) < 4.78 is 16.0. The minimum atomic E-state index is -0.873. The Morgan fingerprint density at radius 1 is 0.800 bits per heavy atom. The highest BCUT2D eigenvalue weighted by molar-refractivity contribution is 5.82. The van der Waals surface area contributed by atoms with Crippen LogP contribution in [0.3, 0.4) is 0 Å². The molecular formula is C20H20O5. The Balaban J connectivity index is 2.09. The predicted octanol–water partition coefficient (Wildman–Crippen LogP) is 2.87. The first-order chi connectivity index (χ1) is 12.2. The normalized spacial score (nSPS) is 25.4. The van der Waals surface area contributed by atoms with Crippen LogP contribution in [0.25, 0.3) is 0 Å². The van der Waals surface area contributed by atoms with Gasteiger partial charge >= 0.3 is 11.9 Å². The van der Waals surface area contributed by atoms with Crippen LogP contribution in [0.2, 0.25) is 0 Å². The summed E-state index contributed by atoms with van der Waals surface area (Å²) in [6.45, 7) is 0. The van der Waals surface area contributed by atoms with E-state index in [0.29, 0.717) is 0 Å². The fourth-order valence-electron chi connectivity index (χ4n) is 3.41. The number of rotatable bonds is 4. The van der Waals surface area contributed by atoms with E-state index in [2.05, 4.69) is 0 Å². The van der Waals surface area contributed by atoms with Crippen molar-refractivity contribution in [3.8, 4) is 0 Å². The van der Waals surface area contributed by atoms with Gasteiger partial charge in [0.15, 0.2) is 6.10 Å². The molecule has 0 amide bonds. The van der Waals surface area contributed by atoms with Gasteiger partial charge in [0.25, 0.3) is 0 Å². The molecule has 1 saturated heterocycles. The average molecular weight is 340 g/mol. The molecule has 130 valence electrons. The summed E-state index contributed by atoms with van der Waals surface area (Å²) in [5, 5.41) is 0. The number of benzene rings is 2. The minimum Gasteiger partial charge on any atom is -0.469 e. The van der Waals surface area contributed by atoms with Crippen molar-refractivity contribution in [2.75, 3.05) is 14.2 Å². The van der Waals surface area contributed by atoms with Crippen molar-refractivity contribution in [1.29, 1.82) is 0 Å². The smallest absolute Gasteiger partial charge is 0.335 e. The van der Waals surface area contributed by atoms with Gasteiger partial charge in [-0.15, -0.1) is 0 Å². The molecule has 3 rings (SSSR count). The third-order valence-corrected chi connectivity index (χ3v) is 4.55. The summed E-state index contributed by atoms with van der Waals surface area (Å²) in [5.41, 5.74) is 1.66. The SMILES string of the molecule is COC(=O)[C@H]1[C@@H](c2ccccc2)[C@H](C(=O)OC)O[C@@H]1c1ccccc1. The number of ether oxygens (including phenoxy) is 3. The first-order valence-corrected chi connectivity index (χ1v) is 8.08. The van der Waals surface area contributed by atoms with E-state index in [-0.39, 0.29) is 0 Å². The molecule has 0 aliphatic carbocycles. The Bertz CT molecular complexity index is 728. The van der Waals surface area contributed by atoms with Crippen molar-refractivity contribution in [2.24, 2.45) is 5.92 Å². The molecule has 1 heterocycles. The van der Waals surface area contributed by atoms with Gasteiger partial charge in [-0.1, -0.05) is 60.7 Å². The van der Waals surface area contributed by atoms with Crippen LogP contribution in [0.15, 0.2) is 60.7 Å². The van der Waals surface area contributed by atoms with Gasteiger partial charge < -0.3 is 14.2 Å². The van der Waals surface area contributed by atoms with Gasteiger partial charge in [-0.25, -0.2) is 4.79 Å². The molecule has 0 radical (unpaired) electrons. The molecule has 2 aromatic rings. The van der Waals surface area contributed by atoms with E-state index in [0.717, 1.165) is 11.1 Å². The van der Waals surface area contributed by atoms with Crippen molar-refractivity contribution >= 4 is 11.9 Å². The molecule has 0 aromatic heterocycles. The molecule has 4 atom stereocenters. The van der Waals surface area contributed by atoms with E-state index in [1.54, 1.807) is 0 Å². The number of esters is 2. The van der Waals surface area contributed by atoms with E-state index < -0.39 is 36.0 Å². The van der Waals surface area contributed by atoms with Crippen LogP contribution in [-0.2, 0) is 23.8 Å². The third kappa shape index (κ3) is 3.28. The Kier molecular flexibility index (Phi) is 5.14. The lowest BCUT2D eigenvalue weighted by Crippen LogP contribution is -2.31. The molecule has 5 heteroatoms.